The number of thioether (sulfide) groups is 1. The summed E-state index contributed by atoms with van der Waals surface area (Å²) >= 11 is 2.79. The van der Waals surface area contributed by atoms with Crippen molar-refractivity contribution in [3.8, 4) is 10.8 Å². The molecule has 0 bridgehead atoms. The summed E-state index contributed by atoms with van der Waals surface area (Å²) in [6.07, 6.45) is 0. The molecular weight excluding hydrogens is 378 g/mol. The van der Waals surface area contributed by atoms with Crippen LogP contribution in [0.1, 0.15) is 50.7 Å². The van der Waals surface area contributed by atoms with E-state index < -0.39 is 0 Å². The molecule has 1 aromatic carbocycles. The largest absolute Gasteiger partial charge is 0.410 e. The molecule has 0 saturated carbocycles. The van der Waals surface area contributed by atoms with Crippen LogP contribution in [0.3, 0.4) is 0 Å². The minimum atomic E-state index is -0.0779. The summed E-state index contributed by atoms with van der Waals surface area (Å²) in [4.78, 5) is 13.5. The lowest BCUT2D eigenvalue weighted by atomic mass is 9.92. The first-order chi connectivity index (χ1) is 13.0. The number of carbonyl (C=O) groups is 1. The van der Waals surface area contributed by atoms with Crippen LogP contribution in [-0.4, -0.2) is 21.9 Å². The van der Waals surface area contributed by atoms with Gasteiger partial charge >= 0.3 is 0 Å². The third-order valence-corrected chi connectivity index (χ3v) is 5.78. The lowest BCUT2D eigenvalue weighted by Crippen LogP contribution is -2.17. The Kier molecular flexibility index (Phi) is 6.34. The van der Waals surface area contributed by atoms with E-state index in [4.69, 9.17) is 4.42 Å². The maximum absolute atomic E-state index is 12.6. The van der Waals surface area contributed by atoms with Gasteiger partial charge in [0.1, 0.15) is 0 Å². The molecule has 0 spiro atoms. The molecule has 0 aliphatic heterocycles. The van der Waals surface area contributed by atoms with Gasteiger partial charge in [-0.05, 0) is 34.4 Å². The van der Waals surface area contributed by atoms with Gasteiger partial charge < -0.3 is 9.73 Å². The van der Waals surface area contributed by atoms with Gasteiger partial charge in [0.2, 0.25) is 5.91 Å². The molecule has 2 aromatic heterocycles. The molecule has 0 aliphatic carbocycles. The van der Waals surface area contributed by atoms with Crippen LogP contribution in [0, 0.1) is 0 Å². The van der Waals surface area contributed by atoms with Gasteiger partial charge in [-0.3, -0.25) is 4.79 Å². The zero-order chi connectivity index (χ0) is 19.4. The zero-order valence-electron chi connectivity index (χ0n) is 15.9. The van der Waals surface area contributed by atoms with Gasteiger partial charge in [0, 0.05) is 5.69 Å². The molecule has 3 aromatic rings. The van der Waals surface area contributed by atoms with Crippen LogP contribution in [0.15, 0.2) is 45.4 Å². The van der Waals surface area contributed by atoms with E-state index in [0.717, 1.165) is 21.7 Å². The smallest absolute Gasteiger partial charge is 0.277 e. The highest BCUT2D eigenvalue weighted by Crippen LogP contribution is 2.33. The predicted molar refractivity (Wildman–Crippen MR) is 112 cm³/mol. The fourth-order valence-electron chi connectivity index (χ4n) is 2.77. The molecule has 0 fully saturated rings. The second-order valence-electron chi connectivity index (χ2n) is 6.81. The number of hydrogen-bond acceptors (Lipinski definition) is 6. The molecule has 0 atom stereocenters. The first kappa shape index (κ1) is 19.6. The minimum absolute atomic E-state index is 0.0779. The summed E-state index contributed by atoms with van der Waals surface area (Å²) in [5, 5.41) is 13.5. The van der Waals surface area contributed by atoms with Crippen LogP contribution in [0.4, 0.5) is 5.69 Å². The average Bonchev–Trinajstić information content (AvgIpc) is 3.31. The monoisotopic (exact) mass is 401 g/mol. The van der Waals surface area contributed by atoms with Crippen molar-refractivity contribution in [2.45, 2.75) is 44.8 Å². The molecular formula is C20H23N3O2S2. The number of aromatic nitrogens is 2. The van der Waals surface area contributed by atoms with Crippen molar-refractivity contribution in [3.05, 3.63) is 46.8 Å². The number of rotatable bonds is 7. The standard InChI is InChI=1S/C20H23N3O2S2/c1-12(2)14-7-5-8-15(13(3)4)18(14)21-17(24)11-27-20-23-22-19(25-20)16-9-6-10-26-16/h5-10,12-13H,11H2,1-4H3,(H,21,24). The van der Waals surface area contributed by atoms with E-state index in [2.05, 4.69) is 61.4 Å². The van der Waals surface area contributed by atoms with Gasteiger partial charge in [-0.1, -0.05) is 63.7 Å². The molecule has 1 amide bonds. The van der Waals surface area contributed by atoms with Crippen LogP contribution in [-0.2, 0) is 4.79 Å². The maximum atomic E-state index is 12.6. The van der Waals surface area contributed by atoms with E-state index in [9.17, 15) is 4.79 Å². The van der Waals surface area contributed by atoms with Crippen molar-refractivity contribution >= 4 is 34.7 Å². The highest BCUT2D eigenvalue weighted by molar-refractivity contribution is 7.99. The highest BCUT2D eigenvalue weighted by atomic mass is 32.2. The molecule has 0 unspecified atom stereocenters. The molecule has 3 rings (SSSR count). The second-order valence-corrected chi connectivity index (χ2v) is 8.68. The van der Waals surface area contributed by atoms with Crippen molar-refractivity contribution in [3.63, 3.8) is 0 Å². The van der Waals surface area contributed by atoms with E-state index in [1.165, 1.54) is 23.1 Å². The number of benzene rings is 1. The normalized spacial score (nSPS) is 11.3. The van der Waals surface area contributed by atoms with Gasteiger partial charge in [0.05, 0.1) is 10.6 Å². The van der Waals surface area contributed by atoms with Crippen molar-refractivity contribution in [1.82, 2.24) is 10.2 Å². The van der Waals surface area contributed by atoms with Gasteiger partial charge in [-0.2, -0.15) is 0 Å². The van der Waals surface area contributed by atoms with E-state index in [1.54, 1.807) is 0 Å². The van der Waals surface area contributed by atoms with Crippen LogP contribution in [0.25, 0.3) is 10.8 Å². The Morgan fingerprint density at radius 2 is 1.81 bits per heavy atom. The minimum Gasteiger partial charge on any atom is -0.410 e. The third kappa shape index (κ3) is 4.78. The topological polar surface area (TPSA) is 68.0 Å². The summed E-state index contributed by atoms with van der Waals surface area (Å²) in [7, 11) is 0. The molecule has 2 heterocycles. The molecule has 1 N–H and O–H groups in total. The van der Waals surface area contributed by atoms with Crippen LogP contribution < -0.4 is 5.32 Å². The fourth-order valence-corrected chi connectivity index (χ4v) is 3.97. The van der Waals surface area contributed by atoms with Crippen molar-refractivity contribution in [2.75, 3.05) is 11.1 Å². The zero-order valence-corrected chi connectivity index (χ0v) is 17.5. The molecule has 27 heavy (non-hydrogen) atoms. The summed E-state index contributed by atoms with van der Waals surface area (Å²) in [5.74, 6) is 1.29. The number of para-hydroxylation sites is 1. The fraction of sp³-hybridized carbons (Fsp3) is 0.350. The number of hydrogen-bond donors (Lipinski definition) is 1. The van der Waals surface area contributed by atoms with Crippen LogP contribution in [0.2, 0.25) is 0 Å². The van der Waals surface area contributed by atoms with Crippen molar-refractivity contribution < 1.29 is 9.21 Å². The quantitative estimate of drug-likeness (QED) is 0.509. The molecule has 0 aliphatic rings. The number of thiophene rings is 1. The maximum Gasteiger partial charge on any atom is 0.277 e. The Balaban J connectivity index is 1.68. The van der Waals surface area contributed by atoms with Gasteiger partial charge in [-0.25, -0.2) is 0 Å². The Morgan fingerprint density at radius 1 is 1.11 bits per heavy atom. The number of carbonyl (C=O) groups excluding carboxylic acids is 1. The van der Waals surface area contributed by atoms with Gasteiger partial charge in [0.15, 0.2) is 0 Å². The summed E-state index contributed by atoms with van der Waals surface area (Å²) in [5.41, 5.74) is 3.23. The predicted octanol–water partition coefficient (Wildman–Crippen LogP) is 5.78. The number of nitrogens with one attached hydrogen (secondary N) is 1. The Morgan fingerprint density at radius 3 is 2.41 bits per heavy atom. The molecule has 5 nitrogen and oxygen atoms in total. The van der Waals surface area contributed by atoms with Crippen LogP contribution >= 0.6 is 23.1 Å². The molecule has 142 valence electrons. The molecule has 7 heteroatoms. The highest BCUT2D eigenvalue weighted by Gasteiger charge is 2.17. The Hall–Kier alpha value is -2.12. The van der Waals surface area contributed by atoms with E-state index in [1.807, 2.05) is 17.5 Å². The first-order valence-electron chi connectivity index (χ1n) is 8.88. The second kappa shape index (κ2) is 8.71. The van der Waals surface area contributed by atoms with E-state index >= 15 is 0 Å². The summed E-state index contributed by atoms with van der Waals surface area (Å²) < 4.78 is 5.62. The first-order valence-corrected chi connectivity index (χ1v) is 10.7. The van der Waals surface area contributed by atoms with E-state index in [-0.39, 0.29) is 11.7 Å². The molecule has 0 radical (unpaired) electrons. The summed E-state index contributed by atoms with van der Waals surface area (Å²) in [6, 6.07) is 10.1. The average molecular weight is 402 g/mol. The molecule has 0 saturated heterocycles. The lowest BCUT2D eigenvalue weighted by Gasteiger charge is -2.20. The Bertz CT molecular complexity index is 876. The van der Waals surface area contributed by atoms with Gasteiger partial charge in [0.25, 0.3) is 11.1 Å². The number of nitrogens with zero attached hydrogens (tertiary/aromatic N) is 2. The van der Waals surface area contributed by atoms with Crippen LogP contribution in [0.5, 0.6) is 0 Å². The van der Waals surface area contributed by atoms with Crippen molar-refractivity contribution in [2.24, 2.45) is 0 Å². The lowest BCUT2D eigenvalue weighted by molar-refractivity contribution is -0.113. The van der Waals surface area contributed by atoms with Crippen molar-refractivity contribution in [1.29, 1.82) is 0 Å². The SMILES string of the molecule is CC(C)c1cccc(C(C)C)c1NC(=O)CSc1nnc(-c2cccs2)o1. The third-order valence-electron chi connectivity index (χ3n) is 4.10. The number of anilines is 1. The number of amides is 1. The summed E-state index contributed by atoms with van der Waals surface area (Å²) in [6.45, 7) is 8.53. The van der Waals surface area contributed by atoms with Gasteiger partial charge in [-0.15, -0.1) is 21.5 Å². The Labute approximate surface area is 167 Å². The van der Waals surface area contributed by atoms with E-state index in [0.29, 0.717) is 22.9 Å².